The number of nitriles is 1. The largest absolute Gasteiger partial charge is 0.365 e. The van der Waals surface area contributed by atoms with Crippen molar-refractivity contribution in [3.63, 3.8) is 0 Å². The minimum Gasteiger partial charge on any atom is -0.365 e. The van der Waals surface area contributed by atoms with E-state index in [2.05, 4.69) is 48.1 Å². The first kappa shape index (κ1) is 24.3. The van der Waals surface area contributed by atoms with Crippen LogP contribution in [0.4, 0.5) is 23.3 Å². The highest BCUT2D eigenvalue weighted by atomic mass is 16.1. The Morgan fingerprint density at radius 1 is 1.30 bits per heavy atom. The SMILES string of the molecule is CNC(=O)c1ccc(C)c(Nc2nc(N(C)CC(C)(C)C)nc(NC3CCNC3)c2C#N)c1. The Morgan fingerprint density at radius 3 is 2.64 bits per heavy atom. The average Bonchev–Trinajstić information content (AvgIpc) is 3.26. The van der Waals surface area contributed by atoms with Gasteiger partial charge in [0.2, 0.25) is 5.95 Å². The van der Waals surface area contributed by atoms with Gasteiger partial charge in [0, 0.05) is 44.5 Å². The molecule has 9 nitrogen and oxygen atoms in total. The molecule has 0 spiro atoms. The maximum Gasteiger partial charge on any atom is 0.251 e. The van der Waals surface area contributed by atoms with Gasteiger partial charge in [-0.2, -0.15) is 15.2 Å². The van der Waals surface area contributed by atoms with Crippen LogP contribution in [-0.2, 0) is 0 Å². The van der Waals surface area contributed by atoms with Crippen LogP contribution in [-0.4, -0.2) is 55.6 Å². The van der Waals surface area contributed by atoms with E-state index in [0.717, 1.165) is 31.6 Å². The van der Waals surface area contributed by atoms with Crippen LogP contribution in [0.3, 0.4) is 0 Å². The Balaban J connectivity index is 2.06. The van der Waals surface area contributed by atoms with E-state index in [9.17, 15) is 10.1 Å². The fourth-order valence-corrected chi connectivity index (χ4v) is 3.84. The van der Waals surface area contributed by atoms with Crippen molar-refractivity contribution < 1.29 is 4.79 Å². The van der Waals surface area contributed by atoms with Crippen LogP contribution in [0.5, 0.6) is 0 Å². The van der Waals surface area contributed by atoms with Gasteiger partial charge in [-0.3, -0.25) is 4.79 Å². The maximum absolute atomic E-state index is 12.1. The van der Waals surface area contributed by atoms with Gasteiger partial charge >= 0.3 is 0 Å². The van der Waals surface area contributed by atoms with Crippen molar-refractivity contribution in [1.82, 2.24) is 20.6 Å². The van der Waals surface area contributed by atoms with E-state index in [1.807, 2.05) is 24.9 Å². The van der Waals surface area contributed by atoms with Crippen LogP contribution in [0.1, 0.15) is 48.7 Å². The van der Waals surface area contributed by atoms with Gasteiger partial charge in [0.15, 0.2) is 11.6 Å². The summed E-state index contributed by atoms with van der Waals surface area (Å²) in [6, 6.07) is 7.88. The van der Waals surface area contributed by atoms with Gasteiger partial charge in [-0.25, -0.2) is 0 Å². The second kappa shape index (κ2) is 10.0. The lowest BCUT2D eigenvalue weighted by Gasteiger charge is -2.28. The molecule has 4 N–H and O–H groups in total. The number of amides is 1. The molecule has 1 aromatic heterocycles. The molecule has 3 rings (SSSR count). The number of carbonyl (C=O) groups is 1. The molecule has 1 amide bonds. The third kappa shape index (κ3) is 6.11. The molecule has 1 atom stereocenters. The van der Waals surface area contributed by atoms with E-state index in [4.69, 9.17) is 9.97 Å². The summed E-state index contributed by atoms with van der Waals surface area (Å²) in [7, 11) is 3.55. The van der Waals surface area contributed by atoms with Gasteiger partial charge in [-0.1, -0.05) is 26.8 Å². The fourth-order valence-electron chi connectivity index (χ4n) is 3.84. The summed E-state index contributed by atoms with van der Waals surface area (Å²) in [4.78, 5) is 23.6. The standard InChI is InChI=1S/C24H34N8O/c1-15-7-8-16(22(33)26-5)11-19(15)29-21-18(12-25)20(28-17-9-10-27-13-17)30-23(31-21)32(6)14-24(2,3)4/h7-8,11,17,27H,9-10,13-14H2,1-6H3,(H,26,33)(H2,28,29,30,31). The van der Waals surface area contributed by atoms with E-state index in [1.54, 1.807) is 19.2 Å². The van der Waals surface area contributed by atoms with Crippen molar-refractivity contribution in [3.05, 3.63) is 34.9 Å². The first-order valence-corrected chi connectivity index (χ1v) is 11.2. The second-order valence-electron chi connectivity index (χ2n) is 9.69. The maximum atomic E-state index is 12.1. The Labute approximate surface area is 196 Å². The molecule has 1 aromatic carbocycles. The van der Waals surface area contributed by atoms with Crippen molar-refractivity contribution in [2.45, 2.75) is 40.2 Å². The molecule has 0 radical (unpaired) electrons. The summed E-state index contributed by atoms with van der Waals surface area (Å²) in [6.45, 7) is 10.9. The number of nitrogens with zero attached hydrogens (tertiary/aromatic N) is 4. The topological polar surface area (TPSA) is 118 Å². The number of benzene rings is 1. The summed E-state index contributed by atoms with van der Waals surface area (Å²) in [5, 5.41) is 22.7. The Kier molecular flexibility index (Phi) is 7.39. The number of carbonyl (C=O) groups excluding carboxylic acids is 1. The first-order chi connectivity index (χ1) is 15.6. The second-order valence-corrected chi connectivity index (χ2v) is 9.69. The molecule has 1 aliphatic heterocycles. The molecule has 1 aliphatic rings. The van der Waals surface area contributed by atoms with Crippen LogP contribution in [0.2, 0.25) is 0 Å². The van der Waals surface area contributed by atoms with Crippen LogP contribution in [0.15, 0.2) is 18.2 Å². The van der Waals surface area contributed by atoms with Gasteiger partial charge in [-0.15, -0.1) is 0 Å². The van der Waals surface area contributed by atoms with Gasteiger partial charge in [0.1, 0.15) is 11.6 Å². The molecule has 1 fully saturated rings. The summed E-state index contributed by atoms with van der Waals surface area (Å²) < 4.78 is 0. The van der Waals surface area contributed by atoms with Crippen molar-refractivity contribution in [3.8, 4) is 6.07 Å². The van der Waals surface area contributed by atoms with Gasteiger partial charge in [0.05, 0.1) is 0 Å². The highest BCUT2D eigenvalue weighted by molar-refractivity contribution is 5.95. The zero-order chi connectivity index (χ0) is 24.2. The smallest absolute Gasteiger partial charge is 0.251 e. The molecule has 0 bridgehead atoms. The Bertz CT molecular complexity index is 1050. The summed E-state index contributed by atoms with van der Waals surface area (Å²) in [6.07, 6.45) is 0.956. The van der Waals surface area contributed by atoms with Crippen LogP contribution < -0.4 is 26.2 Å². The minimum atomic E-state index is -0.178. The van der Waals surface area contributed by atoms with Gasteiger partial charge in [-0.05, 0) is 43.0 Å². The summed E-state index contributed by atoms with van der Waals surface area (Å²) >= 11 is 0. The number of anilines is 4. The minimum absolute atomic E-state index is 0.0427. The molecule has 9 heteroatoms. The van der Waals surface area contributed by atoms with Crippen molar-refractivity contribution in [2.75, 3.05) is 49.3 Å². The van der Waals surface area contributed by atoms with Gasteiger partial charge in [0.25, 0.3) is 5.91 Å². The Morgan fingerprint density at radius 2 is 2.03 bits per heavy atom. The molecule has 0 aliphatic carbocycles. The predicted molar refractivity (Wildman–Crippen MR) is 132 cm³/mol. The first-order valence-electron chi connectivity index (χ1n) is 11.2. The summed E-state index contributed by atoms with van der Waals surface area (Å²) in [5.74, 6) is 1.27. The lowest BCUT2D eigenvalue weighted by molar-refractivity contribution is 0.0963. The van der Waals surface area contributed by atoms with E-state index in [0.29, 0.717) is 34.4 Å². The molecule has 1 unspecified atom stereocenters. The van der Waals surface area contributed by atoms with E-state index < -0.39 is 0 Å². The normalized spacial score (nSPS) is 15.6. The summed E-state index contributed by atoms with van der Waals surface area (Å²) in [5.41, 5.74) is 2.56. The molecule has 2 aromatic rings. The zero-order valence-electron chi connectivity index (χ0n) is 20.3. The molecule has 1 saturated heterocycles. The van der Waals surface area contributed by atoms with E-state index in [1.165, 1.54) is 0 Å². The molecular weight excluding hydrogens is 416 g/mol. The van der Waals surface area contributed by atoms with Crippen molar-refractivity contribution in [1.29, 1.82) is 5.26 Å². The monoisotopic (exact) mass is 450 g/mol. The van der Waals surface area contributed by atoms with Crippen molar-refractivity contribution in [2.24, 2.45) is 5.41 Å². The molecule has 0 saturated carbocycles. The molecule has 33 heavy (non-hydrogen) atoms. The van der Waals surface area contributed by atoms with E-state index in [-0.39, 0.29) is 17.4 Å². The quantitative estimate of drug-likeness (QED) is 0.508. The number of nitrogens with one attached hydrogen (secondary N) is 4. The number of aryl methyl sites for hydroxylation is 1. The number of hydrogen-bond acceptors (Lipinski definition) is 8. The molecule has 2 heterocycles. The zero-order valence-corrected chi connectivity index (χ0v) is 20.3. The molecule has 176 valence electrons. The lowest BCUT2D eigenvalue weighted by Crippen LogP contribution is -2.31. The number of aromatic nitrogens is 2. The van der Waals surface area contributed by atoms with Crippen LogP contribution in [0, 0.1) is 23.7 Å². The number of hydrogen-bond donors (Lipinski definition) is 4. The third-order valence-corrected chi connectivity index (χ3v) is 5.44. The predicted octanol–water partition coefficient (Wildman–Crippen LogP) is 3.02. The van der Waals surface area contributed by atoms with Crippen LogP contribution >= 0.6 is 0 Å². The fraction of sp³-hybridized carbons (Fsp3) is 0.500. The highest BCUT2D eigenvalue weighted by Crippen LogP contribution is 2.30. The van der Waals surface area contributed by atoms with Crippen molar-refractivity contribution >= 4 is 29.2 Å². The number of rotatable bonds is 7. The van der Waals surface area contributed by atoms with Crippen LogP contribution in [0.25, 0.3) is 0 Å². The Hall–Kier alpha value is -3.38. The lowest BCUT2D eigenvalue weighted by atomic mass is 9.96. The third-order valence-electron chi connectivity index (χ3n) is 5.44. The van der Waals surface area contributed by atoms with Gasteiger partial charge < -0.3 is 26.2 Å². The van der Waals surface area contributed by atoms with E-state index >= 15 is 0 Å². The molecular formula is C24H34N8O. The average molecular weight is 451 g/mol. The highest BCUT2D eigenvalue weighted by Gasteiger charge is 2.23.